The zero-order valence-electron chi connectivity index (χ0n) is 11.4. The van der Waals surface area contributed by atoms with Gasteiger partial charge in [0.25, 0.3) is 5.56 Å². The third-order valence-corrected chi connectivity index (χ3v) is 5.43. The highest BCUT2D eigenvalue weighted by Gasteiger charge is 2.13. The number of aromatic amines is 1. The van der Waals surface area contributed by atoms with Gasteiger partial charge in [0.05, 0.1) is 5.52 Å². The number of fused-ring (bicyclic) bond motifs is 1. The normalized spacial score (nSPS) is 12.2. The Morgan fingerprint density at radius 3 is 2.79 bits per heavy atom. The van der Waals surface area contributed by atoms with Crippen LogP contribution in [0.1, 0.15) is 0 Å². The molecule has 0 amide bonds. The topological polar surface area (TPSA) is 64.1 Å². The van der Waals surface area contributed by atoms with Crippen LogP contribution < -0.4 is 11.2 Å². The van der Waals surface area contributed by atoms with E-state index in [4.69, 9.17) is 4.74 Å². The van der Waals surface area contributed by atoms with Gasteiger partial charge in [-0.3, -0.25) is 14.3 Å². The Labute approximate surface area is 115 Å². The fourth-order valence-corrected chi connectivity index (χ4v) is 3.22. The summed E-state index contributed by atoms with van der Waals surface area (Å²) in [5, 5.41) is 1.80. The molecule has 1 N–H and O–H groups in total. The minimum atomic E-state index is -1.13. The molecular weight excluding hydrogens is 280 g/mol. The number of ether oxygens (including phenoxy) is 1. The third-order valence-electron chi connectivity index (χ3n) is 2.82. The maximum absolute atomic E-state index is 11.8. The van der Waals surface area contributed by atoms with Crippen LogP contribution in [0.5, 0.6) is 0 Å². The smallest absolute Gasteiger partial charge is 0.330 e. The van der Waals surface area contributed by atoms with Crippen LogP contribution in [0.4, 0.5) is 0 Å². The molecule has 5 nitrogen and oxygen atoms in total. The van der Waals surface area contributed by atoms with Crippen molar-refractivity contribution in [2.45, 2.75) is 32.4 Å². The first kappa shape index (κ1) is 14.2. The molecule has 0 aliphatic carbocycles. The van der Waals surface area contributed by atoms with Crippen LogP contribution in [0.3, 0.4) is 0 Å². The fourth-order valence-electron chi connectivity index (χ4n) is 1.68. The van der Waals surface area contributed by atoms with Gasteiger partial charge in [0.2, 0.25) is 0 Å². The molecule has 0 unspecified atom stereocenters. The zero-order chi connectivity index (χ0) is 14.0. The molecule has 19 heavy (non-hydrogen) atoms. The second-order valence-electron chi connectivity index (χ2n) is 5.67. The van der Waals surface area contributed by atoms with Gasteiger partial charge in [-0.05, 0) is 17.5 Å². The summed E-state index contributed by atoms with van der Waals surface area (Å²) >= 11 is 1.33. The average molecular weight is 298 g/mol. The van der Waals surface area contributed by atoms with Crippen LogP contribution in [0.25, 0.3) is 10.2 Å². The number of hydrogen-bond donors (Lipinski definition) is 1. The number of thiophene rings is 1. The van der Waals surface area contributed by atoms with Crippen LogP contribution in [0, 0.1) is 0 Å². The van der Waals surface area contributed by atoms with Gasteiger partial charge in [0.1, 0.15) is 11.4 Å². The standard InChI is InChI=1S/C12H18N2O3SSi/c1-19(2,3)7-5-17-8-14-9-4-6-18-10(9)11(15)13-12(14)16/h4,6H,5,7-8H2,1-3H3,(H,13,15,16). The summed E-state index contributed by atoms with van der Waals surface area (Å²) in [5.74, 6) is 0. The lowest BCUT2D eigenvalue weighted by molar-refractivity contribution is 0.0869. The lowest BCUT2D eigenvalue weighted by Crippen LogP contribution is -2.31. The Morgan fingerprint density at radius 2 is 2.11 bits per heavy atom. The van der Waals surface area contributed by atoms with Gasteiger partial charge in [-0.2, -0.15) is 0 Å². The van der Waals surface area contributed by atoms with Gasteiger partial charge < -0.3 is 4.74 Å². The zero-order valence-corrected chi connectivity index (χ0v) is 13.2. The molecule has 2 heterocycles. The summed E-state index contributed by atoms with van der Waals surface area (Å²) in [6.07, 6.45) is 0. The molecule has 104 valence electrons. The van der Waals surface area contributed by atoms with E-state index in [-0.39, 0.29) is 12.3 Å². The molecule has 0 atom stereocenters. The largest absolute Gasteiger partial charge is 0.361 e. The lowest BCUT2D eigenvalue weighted by Gasteiger charge is -2.15. The van der Waals surface area contributed by atoms with Crippen molar-refractivity contribution >= 4 is 29.6 Å². The molecule has 0 aliphatic rings. The summed E-state index contributed by atoms with van der Waals surface area (Å²) in [5.41, 5.74) is -0.0935. The van der Waals surface area contributed by atoms with Crippen molar-refractivity contribution in [3.8, 4) is 0 Å². The van der Waals surface area contributed by atoms with Gasteiger partial charge in [-0.25, -0.2) is 4.79 Å². The van der Waals surface area contributed by atoms with E-state index in [0.29, 0.717) is 16.8 Å². The molecule has 2 aromatic heterocycles. The number of nitrogens with zero attached hydrogens (tertiary/aromatic N) is 1. The van der Waals surface area contributed by atoms with Gasteiger partial charge in [0.15, 0.2) is 0 Å². The van der Waals surface area contributed by atoms with Crippen LogP contribution in [-0.2, 0) is 11.5 Å². The van der Waals surface area contributed by atoms with E-state index in [2.05, 4.69) is 24.6 Å². The van der Waals surface area contributed by atoms with Crippen molar-refractivity contribution in [3.63, 3.8) is 0 Å². The molecule has 0 fully saturated rings. The molecule has 0 spiro atoms. The predicted molar refractivity (Wildman–Crippen MR) is 80.8 cm³/mol. The molecular formula is C12H18N2O3SSi. The molecule has 7 heteroatoms. The van der Waals surface area contributed by atoms with Crippen molar-refractivity contribution < 1.29 is 4.74 Å². The Bertz CT molecular complexity index is 681. The average Bonchev–Trinajstić information content (AvgIpc) is 2.75. The van der Waals surface area contributed by atoms with Gasteiger partial charge in [0, 0.05) is 14.7 Å². The van der Waals surface area contributed by atoms with Gasteiger partial charge >= 0.3 is 5.69 Å². The molecule has 0 aromatic carbocycles. The summed E-state index contributed by atoms with van der Waals surface area (Å²) in [6, 6.07) is 2.83. The maximum Gasteiger partial charge on any atom is 0.330 e. The van der Waals surface area contributed by atoms with E-state index in [9.17, 15) is 9.59 Å². The van der Waals surface area contributed by atoms with Crippen molar-refractivity contribution in [1.82, 2.24) is 9.55 Å². The second kappa shape index (κ2) is 5.44. The Balaban J connectivity index is 2.15. The lowest BCUT2D eigenvalue weighted by atomic mass is 10.4. The summed E-state index contributed by atoms with van der Waals surface area (Å²) in [6.45, 7) is 7.67. The number of H-pyrrole nitrogens is 1. The molecule has 0 radical (unpaired) electrons. The highest BCUT2D eigenvalue weighted by Crippen LogP contribution is 2.14. The van der Waals surface area contributed by atoms with Crippen LogP contribution in [0.15, 0.2) is 21.0 Å². The van der Waals surface area contributed by atoms with Crippen LogP contribution in [-0.4, -0.2) is 24.2 Å². The number of nitrogens with one attached hydrogen (secondary N) is 1. The minimum Gasteiger partial charge on any atom is -0.361 e. The van der Waals surface area contributed by atoms with E-state index in [1.54, 1.807) is 11.4 Å². The minimum absolute atomic E-state index is 0.188. The Hall–Kier alpha value is -1.18. The Kier molecular flexibility index (Phi) is 4.07. The van der Waals surface area contributed by atoms with Crippen LogP contribution >= 0.6 is 11.3 Å². The highest BCUT2D eigenvalue weighted by molar-refractivity contribution is 7.17. The monoisotopic (exact) mass is 298 g/mol. The van der Waals surface area contributed by atoms with E-state index in [1.807, 2.05) is 0 Å². The first-order chi connectivity index (χ1) is 8.88. The van der Waals surface area contributed by atoms with E-state index in [1.165, 1.54) is 15.9 Å². The fraction of sp³-hybridized carbons (Fsp3) is 0.500. The molecule has 0 bridgehead atoms. The molecule has 0 saturated heterocycles. The summed E-state index contributed by atoms with van der Waals surface area (Å²) in [4.78, 5) is 25.7. The Morgan fingerprint density at radius 1 is 1.37 bits per heavy atom. The van der Waals surface area contributed by atoms with E-state index >= 15 is 0 Å². The van der Waals surface area contributed by atoms with Crippen molar-refractivity contribution in [2.75, 3.05) is 6.61 Å². The van der Waals surface area contributed by atoms with Crippen LogP contribution in [0.2, 0.25) is 25.7 Å². The predicted octanol–water partition coefficient (Wildman–Crippen LogP) is 2.06. The quantitative estimate of drug-likeness (QED) is 0.679. The molecule has 2 rings (SSSR count). The molecule has 2 aromatic rings. The number of hydrogen-bond acceptors (Lipinski definition) is 4. The molecule has 0 aliphatic heterocycles. The van der Waals surface area contributed by atoms with E-state index < -0.39 is 13.8 Å². The maximum atomic E-state index is 11.8. The summed E-state index contributed by atoms with van der Waals surface area (Å²) < 4.78 is 7.61. The number of aromatic nitrogens is 2. The SMILES string of the molecule is C[Si](C)(C)CCOCn1c(=O)[nH]c(=O)c2sccc21. The number of rotatable bonds is 5. The molecule has 0 saturated carbocycles. The van der Waals surface area contributed by atoms with Crippen molar-refractivity contribution in [2.24, 2.45) is 0 Å². The second-order valence-corrected chi connectivity index (χ2v) is 12.2. The highest BCUT2D eigenvalue weighted by atomic mass is 32.1. The third kappa shape index (κ3) is 3.43. The van der Waals surface area contributed by atoms with Gasteiger partial charge in [-0.15, -0.1) is 11.3 Å². The first-order valence-corrected chi connectivity index (χ1v) is 10.8. The van der Waals surface area contributed by atoms with Crippen molar-refractivity contribution in [3.05, 3.63) is 32.3 Å². The summed E-state index contributed by atoms with van der Waals surface area (Å²) in [7, 11) is -1.13. The van der Waals surface area contributed by atoms with Crippen molar-refractivity contribution in [1.29, 1.82) is 0 Å². The first-order valence-electron chi connectivity index (χ1n) is 6.16. The van der Waals surface area contributed by atoms with E-state index in [0.717, 1.165) is 6.04 Å². The van der Waals surface area contributed by atoms with Gasteiger partial charge in [-0.1, -0.05) is 19.6 Å².